The first-order valence-electron chi connectivity index (χ1n) is 11.9. The summed E-state index contributed by atoms with van der Waals surface area (Å²) in [6, 6.07) is 19.1. The molecule has 40 heavy (non-hydrogen) atoms. The molecule has 1 amide bonds. The van der Waals surface area contributed by atoms with E-state index in [0.29, 0.717) is 10.1 Å². The number of alkyl halides is 3. The number of aromatic nitrogens is 5. The van der Waals surface area contributed by atoms with Crippen LogP contribution in [-0.4, -0.2) is 30.3 Å². The molecule has 6 rings (SSSR count). The van der Waals surface area contributed by atoms with E-state index in [2.05, 4.69) is 20.5 Å². The average molecular weight is 565 g/mol. The Balaban J connectivity index is 1.31. The van der Waals surface area contributed by atoms with Gasteiger partial charge >= 0.3 is 6.18 Å². The van der Waals surface area contributed by atoms with E-state index in [1.807, 2.05) is 24.3 Å². The van der Waals surface area contributed by atoms with Gasteiger partial charge in [0.1, 0.15) is 5.82 Å². The summed E-state index contributed by atoms with van der Waals surface area (Å²) in [4.78, 5) is 17.3. The van der Waals surface area contributed by atoms with Crippen molar-refractivity contribution in [2.24, 2.45) is 0 Å². The molecule has 0 aliphatic heterocycles. The van der Waals surface area contributed by atoms with Crippen molar-refractivity contribution >= 4 is 39.6 Å². The summed E-state index contributed by atoms with van der Waals surface area (Å²) in [7, 11) is 0. The molecule has 0 bridgehead atoms. The summed E-state index contributed by atoms with van der Waals surface area (Å²) in [6.07, 6.45) is -2.00. The van der Waals surface area contributed by atoms with E-state index < -0.39 is 23.6 Å². The van der Waals surface area contributed by atoms with Gasteiger partial charge < -0.3 is 5.32 Å². The molecular formula is C28H17ClF4N6O. The zero-order chi connectivity index (χ0) is 28.0. The van der Waals surface area contributed by atoms with Crippen LogP contribution in [0.3, 0.4) is 0 Å². The van der Waals surface area contributed by atoms with Crippen molar-refractivity contribution < 1.29 is 22.4 Å². The largest absolute Gasteiger partial charge is 0.433 e. The molecule has 1 N–H and O–H groups in total. The van der Waals surface area contributed by atoms with E-state index in [0.717, 1.165) is 16.8 Å². The molecule has 0 saturated carbocycles. The van der Waals surface area contributed by atoms with Gasteiger partial charge in [-0.3, -0.25) is 9.48 Å². The van der Waals surface area contributed by atoms with Crippen LogP contribution in [0.1, 0.15) is 21.7 Å². The van der Waals surface area contributed by atoms with E-state index in [1.165, 1.54) is 35.3 Å². The number of carbonyl (C=O) groups excluding carboxylic acids is 1. The summed E-state index contributed by atoms with van der Waals surface area (Å²) in [5.41, 5.74) is -0.471. The lowest BCUT2D eigenvalue weighted by molar-refractivity contribution is -0.142. The Hall–Kier alpha value is -4.77. The van der Waals surface area contributed by atoms with Gasteiger partial charge in [-0.25, -0.2) is 13.9 Å². The van der Waals surface area contributed by atoms with Crippen molar-refractivity contribution in [1.29, 1.82) is 0 Å². The predicted octanol–water partition coefficient (Wildman–Crippen LogP) is 6.86. The monoisotopic (exact) mass is 564 g/mol. The minimum absolute atomic E-state index is 0.00610. The second kappa shape index (κ2) is 9.76. The highest BCUT2D eigenvalue weighted by atomic mass is 35.5. The van der Waals surface area contributed by atoms with Gasteiger partial charge in [-0.15, -0.1) is 0 Å². The molecule has 0 spiro atoms. The van der Waals surface area contributed by atoms with Crippen LogP contribution in [0.2, 0.25) is 5.02 Å². The third-order valence-electron chi connectivity index (χ3n) is 6.27. The molecule has 0 aliphatic rings. The van der Waals surface area contributed by atoms with Crippen LogP contribution in [0.4, 0.5) is 23.2 Å². The smallest absolute Gasteiger partial charge is 0.318 e. The number of benzene rings is 3. The Morgan fingerprint density at radius 2 is 1.77 bits per heavy atom. The molecule has 0 atom stereocenters. The minimum atomic E-state index is -4.76. The van der Waals surface area contributed by atoms with Crippen LogP contribution in [0, 0.1) is 5.82 Å². The van der Waals surface area contributed by atoms with E-state index in [4.69, 9.17) is 11.6 Å². The summed E-state index contributed by atoms with van der Waals surface area (Å²) in [5.74, 6) is -1.27. The Kier molecular flexibility index (Phi) is 6.22. The molecule has 3 heterocycles. The van der Waals surface area contributed by atoms with Crippen LogP contribution in [-0.2, 0) is 12.7 Å². The fraction of sp³-hybridized carbons (Fsp3) is 0.0714. The first-order chi connectivity index (χ1) is 19.2. The lowest BCUT2D eigenvalue weighted by Gasteiger charge is -2.11. The zero-order valence-corrected chi connectivity index (χ0v) is 21.1. The highest BCUT2D eigenvalue weighted by Gasteiger charge is 2.35. The maximum absolute atomic E-state index is 14.1. The van der Waals surface area contributed by atoms with Crippen LogP contribution in [0.25, 0.3) is 27.7 Å². The van der Waals surface area contributed by atoms with Crippen LogP contribution >= 0.6 is 11.6 Å². The van der Waals surface area contributed by atoms with Crippen LogP contribution < -0.4 is 5.32 Å². The number of fused-ring (bicyclic) bond motifs is 2. The first-order valence-corrected chi connectivity index (χ1v) is 12.3. The van der Waals surface area contributed by atoms with Crippen LogP contribution in [0.5, 0.6) is 0 Å². The maximum Gasteiger partial charge on any atom is 0.433 e. The van der Waals surface area contributed by atoms with E-state index in [9.17, 15) is 22.4 Å². The third kappa shape index (κ3) is 4.87. The average Bonchev–Trinajstić information content (AvgIpc) is 3.56. The number of halogens is 5. The number of anilines is 1. The van der Waals surface area contributed by atoms with Crippen molar-refractivity contribution in [2.45, 2.75) is 12.7 Å². The van der Waals surface area contributed by atoms with Gasteiger partial charge in [-0.05, 0) is 35.0 Å². The highest BCUT2D eigenvalue weighted by Crippen LogP contribution is 2.33. The lowest BCUT2D eigenvalue weighted by atomic mass is 10.0. The van der Waals surface area contributed by atoms with Gasteiger partial charge in [-0.2, -0.15) is 23.4 Å². The van der Waals surface area contributed by atoms with Crippen molar-refractivity contribution in [3.63, 3.8) is 0 Å². The second-order valence-electron chi connectivity index (χ2n) is 8.97. The van der Waals surface area contributed by atoms with Crippen molar-refractivity contribution in [3.05, 3.63) is 113 Å². The summed E-state index contributed by atoms with van der Waals surface area (Å²) < 4.78 is 58.1. The van der Waals surface area contributed by atoms with E-state index >= 15 is 0 Å². The lowest BCUT2D eigenvalue weighted by Crippen LogP contribution is -2.15. The summed E-state index contributed by atoms with van der Waals surface area (Å²) in [5, 5.41) is 12.5. The fourth-order valence-electron chi connectivity index (χ4n) is 4.34. The minimum Gasteiger partial charge on any atom is -0.318 e. The van der Waals surface area contributed by atoms with Crippen molar-refractivity contribution in [2.75, 3.05) is 5.32 Å². The standard InChI is InChI=1S/C28H17ClF4N6O/c29-21-6-3-7-22(30)20(21)15-38-14-19(13-34-38)35-27(40)24-12-26-36-23(11-25(28(31,32)33)39(26)37-24)18-9-8-16-4-1-2-5-17(16)10-18/h1-14H,15H2,(H,35,40). The van der Waals surface area contributed by atoms with Crippen LogP contribution in [0.15, 0.2) is 85.2 Å². The Bertz CT molecular complexity index is 1890. The van der Waals surface area contributed by atoms with Gasteiger partial charge in [0, 0.05) is 28.4 Å². The molecule has 0 aliphatic carbocycles. The zero-order valence-electron chi connectivity index (χ0n) is 20.3. The quantitative estimate of drug-likeness (QED) is 0.232. The number of hydrogen-bond acceptors (Lipinski definition) is 4. The number of amides is 1. The number of nitrogens with zero attached hydrogens (tertiary/aromatic N) is 5. The van der Waals surface area contributed by atoms with E-state index in [1.54, 1.807) is 24.3 Å². The van der Waals surface area contributed by atoms with E-state index in [-0.39, 0.29) is 39.9 Å². The third-order valence-corrected chi connectivity index (χ3v) is 6.62. The van der Waals surface area contributed by atoms with Gasteiger partial charge in [0.25, 0.3) is 5.91 Å². The number of nitrogens with one attached hydrogen (secondary N) is 1. The predicted molar refractivity (Wildman–Crippen MR) is 142 cm³/mol. The molecule has 3 aromatic heterocycles. The summed E-state index contributed by atoms with van der Waals surface area (Å²) >= 11 is 6.06. The number of carbonyl (C=O) groups is 1. The van der Waals surface area contributed by atoms with Gasteiger partial charge in [0.15, 0.2) is 17.0 Å². The number of hydrogen-bond donors (Lipinski definition) is 1. The fourth-order valence-corrected chi connectivity index (χ4v) is 4.56. The summed E-state index contributed by atoms with van der Waals surface area (Å²) in [6.45, 7) is 0.00610. The first kappa shape index (κ1) is 25.5. The van der Waals surface area contributed by atoms with Gasteiger partial charge in [0.05, 0.1) is 24.1 Å². The van der Waals surface area contributed by atoms with Crippen molar-refractivity contribution in [3.8, 4) is 11.3 Å². The molecule has 200 valence electrons. The van der Waals surface area contributed by atoms with Crippen molar-refractivity contribution in [1.82, 2.24) is 24.4 Å². The SMILES string of the molecule is O=C(Nc1cnn(Cc2c(F)cccc2Cl)c1)c1cc2nc(-c3ccc4ccccc4c3)cc(C(F)(F)F)n2n1. The molecular weight excluding hydrogens is 548 g/mol. The Labute approximate surface area is 228 Å². The molecule has 0 radical (unpaired) electrons. The number of rotatable bonds is 5. The highest BCUT2D eigenvalue weighted by molar-refractivity contribution is 6.31. The molecule has 0 fully saturated rings. The normalized spacial score (nSPS) is 11.8. The molecule has 0 saturated heterocycles. The molecule has 0 unspecified atom stereocenters. The second-order valence-corrected chi connectivity index (χ2v) is 9.37. The van der Waals surface area contributed by atoms with Gasteiger partial charge in [-0.1, -0.05) is 54.1 Å². The molecule has 12 heteroatoms. The molecule has 7 nitrogen and oxygen atoms in total. The van der Waals surface area contributed by atoms with Gasteiger partial charge in [0.2, 0.25) is 0 Å². The molecule has 3 aromatic carbocycles. The Morgan fingerprint density at radius 1 is 0.975 bits per heavy atom. The topological polar surface area (TPSA) is 77.1 Å². The maximum atomic E-state index is 14.1. The Morgan fingerprint density at radius 3 is 2.55 bits per heavy atom. The molecule has 6 aromatic rings.